The number of fused-ring (bicyclic) bond motifs is 1. The smallest absolute Gasteiger partial charge is 0.264 e. The van der Waals surface area contributed by atoms with Crippen molar-refractivity contribution in [2.45, 2.75) is 58.9 Å². The topological polar surface area (TPSA) is 44.7 Å². The Labute approximate surface area is 189 Å². The van der Waals surface area contributed by atoms with Gasteiger partial charge in [0.1, 0.15) is 0 Å². The fraction of sp³-hybridized carbons (Fsp3) is 0.385. The van der Waals surface area contributed by atoms with Gasteiger partial charge in [0.2, 0.25) is 0 Å². The van der Waals surface area contributed by atoms with E-state index in [1.54, 1.807) is 0 Å². The number of rotatable bonds is 3. The number of aliphatic imine (C=N–C) groups is 1. The Hall–Kier alpha value is -2.53. The number of carbonyl (C=O) groups is 1. The quantitative estimate of drug-likeness (QED) is 0.589. The monoisotopic (exact) mass is 433 g/mol. The van der Waals surface area contributed by atoms with E-state index in [4.69, 9.17) is 0 Å². The number of aryl methyl sites for hydroxylation is 2. The van der Waals surface area contributed by atoms with Gasteiger partial charge in [0.05, 0.1) is 10.6 Å². The Morgan fingerprint density at radius 3 is 2.65 bits per heavy atom. The van der Waals surface area contributed by atoms with Crippen LogP contribution in [0.4, 0.5) is 11.4 Å². The van der Waals surface area contributed by atoms with Crippen LogP contribution in [-0.2, 0) is 11.2 Å². The first-order valence-corrected chi connectivity index (χ1v) is 11.8. The van der Waals surface area contributed by atoms with E-state index >= 15 is 0 Å². The highest BCUT2D eigenvalue weighted by atomic mass is 32.2. The molecule has 2 aliphatic heterocycles. The van der Waals surface area contributed by atoms with Crippen LogP contribution in [0.1, 0.15) is 62.3 Å². The van der Waals surface area contributed by atoms with Crippen LogP contribution >= 0.6 is 11.8 Å². The van der Waals surface area contributed by atoms with E-state index in [1.807, 2.05) is 18.2 Å². The second kappa shape index (κ2) is 8.19. The highest BCUT2D eigenvalue weighted by molar-refractivity contribution is 8.18. The van der Waals surface area contributed by atoms with Crippen LogP contribution in [0.5, 0.6) is 0 Å². The summed E-state index contributed by atoms with van der Waals surface area (Å²) in [6.07, 6.45) is 4.12. The Bertz CT molecular complexity index is 1080. The van der Waals surface area contributed by atoms with Crippen LogP contribution in [0.3, 0.4) is 0 Å². The Morgan fingerprint density at radius 1 is 1.26 bits per heavy atom. The molecule has 1 atom stereocenters. The predicted molar refractivity (Wildman–Crippen MR) is 133 cm³/mol. The molecule has 1 N–H and O–H groups in total. The van der Waals surface area contributed by atoms with E-state index in [-0.39, 0.29) is 11.4 Å². The maximum atomic E-state index is 12.6. The number of hydrogen-bond acceptors (Lipinski definition) is 4. The average Bonchev–Trinajstić information content (AvgIpc) is 3.06. The molecule has 4 rings (SSSR count). The number of amidine groups is 1. The molecule has 0 spiro atoms. The fourth-order valence-corrected chi connectivity index (χ4v) is 5.27. The number of nitrogens with zero attached hydrogens (tertiary/aromatic N) is 2. The molecule has 2 heterocycles. The van der Waals surface area contributed by atoms with Crippen molar-refractivity contribution in [2.24, 2.45) is 4.99 Å². The Kier molecular flexibility index (Phi) is 5.73. The van der Waals surface area contributed by atoms with Crippen molar-refractivity contribution in [2.75, 3.05) is 11.9 Å². The van der Waals surface area contributed by atoms with Gasteiger partial charge in [-0.1, -0.05) is 26.0 Å². The molecule has 0 bridgehead atoms. The first-order valence-electron chi connectivity index (χ1n) is 10.9. The number of hydrogen-bond donors (Lipinski definition) is 1. The lowest BCUT2D eigenvalue weighted by atomic mass is 9.79. The van der Waals surface area contributed by atoms with Gasteiger partial charge in [-0.2, -0.15) is 0 Å². The first-order chi connectivity index (χ1) is 14.7. The van der Waals surface area contributed by atoms with Gasteiger partial charge in [0, 0.05) is 18.3 Å². The van der Waals surface area contributed by atoms with Gasteiger partial charge in [-0.3, -0.25) is 4.79 Å². The minimum atomic E-state index is -0.0858. The van der Waals surface area contributed by atoms with Crippen molar-refractivity contribution in [3.05, 3.63) is 63.6 Å². The van der Waals surface area contributed by atoms with Crippen molar-refractivity contribution < 1.29 is 4.79 Å². The summed E-state index contributed by atoms with van der Waals surface area (Å²) >= 11 is 1.41. The number of amides is 1. The average molecular weight is 434 g/mol. The lowest BCUT2D eigenvalue weighted by Crippen LogP contribution is -2.45. The van der Waals surface area contributed by atoms with Gasteiger partial charge in [-0.15, -0.1) is 0 Å². The summed E-state index contributed by atoms with van der Waals surface area (Å²) in [6, 6.07) is 12.7. The van der Waals surface area contributed by atoms with Crippen LogP contribution in [0.15, 0.2) is 46.3 Å². The van der Waals surface area contributed by atoms with Crippen LogP contribution in [0.2, 0.25) is 0 Å². The molecule has 1 amide bonds. The molecule has 4 nitrogen and oxygen atoms in total. The molecule has 1 saturated heterocycles. The van der Waals surface area contributed by atoms with Crippen LogP contribution in [-0.4, -0.2) is 23.7 Å². The van der Waals surface area contributed by atoms with E-state index in [2.05, 4.69) is 81.1 Å². The maximum Gasteiger partial charge on any atom is 0.264 e. The zero-order chi connectivity index (χ0) is 22.3. The van der Waals surface area contributed by atoms with E-state index in [9.17, 15) is 4.79 Å². The SMILES string of the molecule is CCc1ccc(N=C2NC(=O)/C(=C/c3cc4c(cc3C)N(C)C(C)(C)C[C@H]4C)S2)cc1. The zero-order valence-corrected chi connectivity index (χ0v) is 20.1. The number of benzene rings is 2. The minimum Gasteiger partial charge on any atom is -0.369 e. The summed E-state index contributed by atoms with van der Waals surface area (Å²) in [4.78, 5) is 20.3. The van der Waals surface area contributed by atoms with E-state index < -0.39 is 0 Å². The van der Waals surface area contributed by atoms with Gasteiger partial charge in [-0.25, -0.2) is 4.99 Å². The van der Waals surface area contributed by atoms with Crippen molar-refractivity contribution in [3.63, 3.8) is 0 Å². The Balaban J connectivity index is 1.62. The Morgan fingerprint density at radius 2 is 1.97 bits per heavy atom. The third-order valence-corrected chi connectivity index (χ3v) is 7.44. The number of nitrogens with one attached hydrogen (secondary N) is 1. The number of thioether (sulfide) groups is 1. The summed E-state index contributed by atoms with van der Waals surface area (Å²) < 4.78 is 0. The van der Waals surface area contributed by atoms with Gasteiger partial charge in [0.15, 0.2) is 5.17 Å². The molecule has 31 heavy (non-hydrogen) atoms. The second-order valence-corrected chi connectivity index (χ2v) is 10.3. The van der Waals surface area contributed by atoms with Gasteiger partial charge >= 0.3 is 0 Å². The summed E-state index contributed by atoms with van der Waals surface area (Å²) in [5, 5.41) is 3.54. The highest BCUT2D eigenvalue weighted by Gasteiger charge is 2.34. The molecule has 0 saturated carbocycles. The van der Waals surface area contributed by atoms with Gasteiger partial charge < -0.3 is 10.2 Å². The van der Waals surface area contributed by atoms with Crippen LogP contribution in [0, 0.1) is 6.92 Å². The molecule has 0 radical (unpaired) electrons. The first kappa shape index (κ1) is 21.7. The standard InChI is InChI=1S/C26H31N3OS/c1-7-18-8-10-20(11-9-18)27-25-28-24(30)23(31-25)14-19-13-21-17(3)15-26(4,5)29(6)22(21)12-16(19)2/h8-14,17H,7,15H2,1-6H3,(H,27,28,30)/b23-14-/t17-/m1/s1. The van der Waals surface area contributed by atoms with Gasteiger partial charge in [-0.05, 0) is 104 Å². The third kappa shape index (κ3) is 4.29. The third-order valence-electron chi connectivity index (χ3n) is 6.53. The molecule has 2 aromatic rings. The summed E-state index contributed by atoms with van der Waals surface area (Å²) in [5.74, 6) is 0.393. The molecule has 0 aromatic heterocycles. The molecular weight excluding hydrogens is 402 g/mol. The molecule has 5 heteroatoms. The lowest BCUT2D eigenvalue weighted by Gasteiger charge is -2.45. The molecule has 0 aliphatic carbocycles. The highest BCUT2D eigenvalue weighted by Crippen LogP contribution is 2.44. The van der Waals surface area contributed by atoms with E-state index in [0.717, 1.165) is 24.1 Å². The maximum absolute atomic E-state index is 12.6. The summed E-state index contributed by atoms with van der Waals surface area (Å²) in [5.41, 5.74) is 7.20. The van der Waals surface area contributed by atoms with Crippen molar-refractivity contribution in [1.29, 1.82) is 0 Å². The minimum absolute atomic E-state index is 0.0858. The van der Waals surface area contributed by atoms with Gasteiger partial charge in [0.25, 0.3) is 5.91 Å². The van der Waals surface area contributed by atoms with Crippen molar-refractivity contribution in [1.82, 2.24) is 5.32 Å². The largest absolute Gasteiger partial charge is 0.369 e. The van der Waals surface area contributed by atoms with Crippen LogP contribution in [0.25, 0.3) is 6.08 Å². The molecule has 1 fully saturated rings. The predicted octanol–water partition coefficient (Wildman–Crippen LogP) is 6.17. The zero-order valence-electron chi connectivity index (χ0n) is 19.2. The number of anilines is 1. The normalized spacial score (nSPS) is 22.7. The molecule has 0 unspecified atom stereocenters. The summed E-state index contributed by atoms with van der Waals surface area (Å²) in [7, 11) is 2.18. The van der Waals surface area contributed by atoms with Crippen molar-refractivity contribution >= 4 is 40.3 Å². The molecular formula is C26H31N3OS. The summed E-state index contributed by atoms with van der Waals surface area (Å²) in [6.45, 7) is 11.1. The molecule has 162 valence electrons. The molecule has 2 aliphatic rings. The van der Waals surface area contributed by atoms with E-state index in [1.165, 1.54) is 34.1 Å². The molecule has 2 aromatic carbocycles. The van der Waals surface area contributed by atoms with Crippen molar-refractivity contribution in [3.8, 4) is 0 Å². The second-order valence-electron chi connectivity index (χ2n) is 9.25. The number of carbonyl (C=O) groups excluding carboxylic acids is 1. The lowest BCUT2D eigenvalue weighted by molar-refractivity contribution is -0.115. The van der Waals surface area contributed by atoms with E-state index in [0.29, 0.717) is 16.0 Å². The van der Waals surface area contributed by atoms with Crippen LogP contribution < -0.4 is 10.2 Å². The fourth-order valence-electron chi connectivity index (χ4n) is 4.44.